The molecular weight excluding hydrogens is 312 g/mol. The van der Waals surface area contributed by atoms with Gasteiger partial charge in [0, 0.05) is 17.9 Å². The quantitative estimate of drug-likeness (QED) is 0.814. The van der Waals surface area contributed by atoms with Crippen LogP contribution in [0.4, 0.5) is 4.79 Å². The van der Waals surface area contributed by atoms with Crippen LogP contribution in [0.25, 0.3) is 0 Å². The molecule has 3 heterocycles. The summed E-state index contributed by atoms with van der Waals surface area (Å²) in [5.41, 5.74) is 1.71. The van der Waals surface area contributed by atoms with Crippen LogP contribution in [0.3, 0.4) is 0 Å². The van der Waals surface area contributed by atoms with E-state index in [1.165, 1.54) is 4.90 Å². The molecule has 0 spiro atoms. The largest absolute Gasteiger partial charge is 0.458 e. The van der Waals surface area contributed by atoms with Crippen molar-refractivity contribution in [2.45, 2.75) is 32.8 Å². The molecule has 1 unspecified atom stereocenters. The number of hydrogen-bond donors (Lipinski definition) is 0. The second-order valence-corrected chi connectivity index (χ2v) is 6.19. The number of aryl methyl sites for hydroxylation is 2. The van der Waals surface area contributed by atoms with Crippen LogP contribution in [0.2, 0.25) is 0 Å². The Morgan fingerprint density at radius 3 is 2.75 bits per heavy atom. The summed E-state index contributed by atoms with van der Waals surface area (Å²) in [6.45, 7) is 5.83. The second-order valence-electron chi connectivity index (χ2n) is 6.19. The number of piperidine rings is 1. The van der Waals surface area contributed by atoms with Gasteiger partial charge in [0.05, 0.1) is 13.1 Å². The van der Waals surface area contributed by atoms with E-state index in [4.69, 9.17) is 9.47 Å². The van der Waals surface area contributed by atoms with E-state index in [1.807, 2.05) is 19.9 Å². The van der Waals surface area contributed by atoms with Gasteiger partial charge in [-0.15, -0.1) is 0 Å². The van der Waals surface area contributed by atoms with Crippen molar-refractivity contribution in [3.05, 3.63) is 17.5 Å². The summed E-state index contributed by atoms with van der Waals surface area (Å²) in [6, 6.07) is 2.24. The number of cyclic esters (lactones) is 1. The minimum Gasteiger partial charge on any atom is -0.458 e. The molecule has 0 saturated carbocycles. The van der Waals surface area contributed by atoms with E-state index >= 15 is 0 Å². The Kier molecular flexibility index (Phi) is 4.82. The Labute approximate surface area is 140 Å². The number of carbonyl (C=O) groups is 2. The van der Waals surface area contributed by atoms with E-state index in [-0.39, 0.29) is 18.6 Å². The number of hydrogen-bond acceptors (Lipinski definition) is 6. The summed E-state index contributed by atoms with van der Waals surface area (Å²) in [5.74, 6) is -0.0801. The smallest absolute Gasteiger partial charge is 0.410 e. The lowest BCUT2D eigenvalue weighted by Gasteiger charge is -2.33. The van der Waals surface area contributed by atoms with Crippen LogP contribution in [0.1, 0.15) is 24.2 Å². The highest BCUT2D eigenvalue weighted by Crippen LogP contribution is 2.17. The molecule has 1 atom stereocenters. The van der Waals surface area contributed by atoms with Crippen molar-refractivity contribution in [1.29, 1.82) is 0 Å². The fourth-order valence-corrected chi connectivity index (χ4v) is 2.99. The van der Waals surface area contributed by atoms with E-state index < -0.39 is 6.09 Å². The molecule has 130 valence electrons. The lowest BCUT2D eigenvalue weighted by atomic mass is 10.1. The molecule has 2 fully saturated rings. The van der Waals surface area contributed by atoms with Gasteiger partial charge in [-0.3, -0.25) is 9.69 Å². The first-order valence-corrected chi connectivity index (χ1v) is 8.19. The zero-order valence-corrected chi connectivity index (χ0v) is 14.0. The minimum absolute atomic E-state index is 0.0611. The second kappa shape index (κ2) is 7.02. The van der Waals surface area contributed by atoms with Crippen molar-refractivity contribution >= 4 is 12.0 Å². The molecule has 0 aliphatic carbocycles. The van der Waals surface area contributed by atoms with Crippen molar-refractivity contribution in [1.82, 2.24) is 19.8 Å². The van der Waals surface area contributed by atoms with Crippen molar-refractivity contribution in [2.24, 2.45) is 0 Å². The van der Waals surface area contributed by atoms with Crippen LogP contribution in [-0.2, 0) is 9.53 Å². The number of aromatic nitrogens is 2. The third-order valence-corrected chi connectivity index (χ3v) is 4.14. The van der Waals surface area contributed by atoms with Crippen LogP contribution in [0, 0.1) is 13.8 Å². The molecule has 8 heteroatoms. The van der Waals surface area contributed by atoms with E-state index in [0.29, 0.717) is 32.3 Å². The number of carbonyl (C=O) groups excluding carboxylic acids is 2. The summed E-state index contributed by atoms with van der Waals surface area (Å²) >= 11 is 0. The molecule has 0 N–H and O–H groups in total. The topological polar surface area (TPSA) is 84.9 Å². The van der Waals surface area contributed by atoms with Crippen LogP contribution in [0.15, 0.2) is 6.07 Å². The van der Waals surface area contributed by atoms with Gasteiger partial charge < -0.3 is 14.4 Å². The van der Waals surface area contributed by atoms with Crippen molar-refractivity contribution < 1.29 is 19.1 Å². The fraction of sp³-hybridized carbons (Fsp3) is 0.625. The van der Waals surface area contributed by atoms with Gasteiger partial charge in [0.2, 0.25) is 5.91 Å². The molecule has 1 aromatic rings. The SMILES string of the molecule is Cc1cc(C)nc(OC2CCCN(C(=O)CN3CCOC3=O)C2)n1. The van der Waals surface area contributed by atoms with Gasteiger partial charge in [-0.25, -0.2) is 14.8 Å². The maximum atomic E-state index is 12.4. The zero-order valence-electron chi connectivity index (χ0n) is 14.0. The Morgan fingerprint density at radius 1 is 1.33 bits per heavy atom. The average Bonchev–Trinajstić information content (AvgIpc) is 2.91. The Balaban J connectivity index is 1.57. The van der Waals surface area contributed by atoms with Gasteiger partial charge >= 0.3 is 12.1 Å². The molecule has 2 saturated heterocycles. The van der Waals surface area contributed by atoms with Crippen molar-refractivity contribution in [2.75, 3.05) is 32.8 Å². The molecule has 8 nitrogen and oxygen atoms in total. The lowest BCUT2D eigenvalue weighted by Crippen LogP contribution is -2.48. The van der Waals surface area contributed by atoms with E-state index in [2.05, 4.69) is 9.97 Å². The Bertz CT molecular complexity index is 616. The predicted molar refractivity (Wildman–Crippen MR) is 84.7 cm³/mol. The van der Waals surface area contributed by atoms with Gasteiger partial charge in [0.15, 0.2) is 0 Å². The summed E-state index contributed by atoms with van der Waals surface area (Å²) in [5, 5.41) is 0. The highest BCUT2D eigenvalue weighted by Gasteiger charge is 2.30. The number of rotatable bonds is 4. The molecule has 2 amide bonds. The highest BCUT2D eigenvalue weighted by atomic mass is 16.6. The standard InChI is InChI=1S/C16H22N4O4/c1-11-8-12(2)18-15(17-11)24-13-4-3-5-19(9-13)14(21)10-20-6-7-23-16(20)22/h8,13H,3-7,9-10H2,1-2H3. The van der Waals surface area contributed by atoms with Gasteiger partial charge in [-0.2, -0.15) is 0 Å². The van der Waals surface area contributed by atoms with E-state index in [9.17, 15) is 9.59 Å². The van der Waals surface area contributed by atoms with Gasteiger partial charge in [0.1, 0.15) is 19.3 Å². The first-order valence-electron chi connectivity index (χ1n) is 8.19. The average molecular weight is 334 g/mol. The number of nitrogens with zero attached hydrogens (tertiary/aromatic N) is 4. The molecule has 24 heavy (non-hydrogen) atoms. The monoisotopic (exact) mass is 334 g/mol. The third-order valence-electron chi connectivity index (χ3n) is 4.14. The molecule has 0 aromatic carbocycles. The maximum absolute atomic E-state index is 12.4. The van der Waals surface area contributed by atoms with Gasteiger partial charge in [-0.1, -0.05) is 0 Å². The third kappa shape index (κ3) is 3.93. The van der Waals surface area contributed by atoms with Crippen LogP contribution >= 0.6 is 0 Å². The first kappa shape index (κ1) is 16.5. The fourth-order valence-electron chi connectivity index (χ4n) is 2.99. The van der Waals surface area contributed by atoms with Crippen molar-refractivity contribution in [3.63, 3.8) is 0 Å². The molecule has 0 radical (unpaired) electrons. The zero-order chi connectivity index (χ0) is 17.1. The number of amides is 2. The molecule has 1 aromatic heterocycles. The van der Waals surface area contributed by atoms with E-state index in [1.54, 1.807) is 4.90 Å². The van der Waals surface area contributed by atoms with Gasteiger partial charge in [0.25, 0.3) is 0 Å². The molecule has 3 rings (SSSR count). The highest BCUT2D eigenvalue weighted by molar-refractivity contribution is 5.83. The van der Waals surface area contributed by atoms with E-state index in [0.717, 1.165) is 24.2 Å². The predicted octanol–water partition coefficient (Wildman–Crippen LogP) is 0.915. The molecule has 0 bridgehead atoms. The lowest BCUT2D eigenvalue weighted by molar-refractivity contribution is -0.134. The summed E-state index contributed by atoms with van der Waals surface area (Å²) in [6.07, 6.45) is 1.16. The summed E-state index contributed by atoms with van der Waals surface area (Å²) in [4.78, 5) is 35.6. The molecule has 2 aliphatic rings. The Morgan fingerprint density at radius 2 is 2.08 bits per heavy atom. The number of ether oxygens (including phenoxy) is 2. The minimum atomic E-state index is -0.420. The van der Waals surface area contributed by atoms with Gasteiger partial charge in [-0.05, 0) is 32.8 Å². The Hall–Kier alpha value is -2.38. The van der Waals surface area contributed by atoms with Crippen LogP contribution in [0.5, 0.6) is 6.01 Å². The maximum Gasteiger partial charge on any atom is 0.410 e. The molecular formula is C16H22N4O4. The van der Waals surface area contributed by atoms with Crippen LogP contribution < -0.4 is 4.74 Å². The summed E-state index contributed by atoms with van der Waals surface area (Å²) < 4.78 is 10.7. The number of likely N-dealkylation sites (tertiary alicyclic amines) is 1. The van der Waals surface area contributed by atoms with Crippen LogP contribution in [-0.4, -0.2) is 70.7 Å². The first-order chi connectivity index (χ1) is 11.5. The molecule has 2 aliphatic heterocycles. The summed E-state index contributed by atoms with van der Waals surface area (Å²) in [7, 11) is 0. The van der Waals surface area contributed by atoms with Crippen molar-refractivity contribution in [3.8, 4) is 6.01 Å². The normalized spacial score (nSPS) is 20.9.